The van der Waals surface area contributed by atoms with Crippen LogP contribution in [-0.2, 0) is 4.74 Å². The normalized spacial score (nSPS) is 10.9. The summed E-state index contributed by atoms with van der Waals surface area (Å²) in [7, 11) is 0. The second-order valence-electron chi connectivity index (χ2n) is 4.35. The van der Waals surface area contributed by atoms with E-state index in [1.54, 1.807) is 6.07 Å². The molecule has 0 saturated carbocycles. The fourth-order valence-electron chi connectivity index (χ4n) is 1.31. The van der Waals surface area contributed by atoms with E-state index in [1.165, 1.54) is 0 Å². The average Bonchev–Trinajstić information content (AvgIpc) is 2.25. The molecule has 1 N–H and O–H groups in total. The zero-order valence-electron chi connectivity index (χ0n) is 10.3. The first-order valence-electron chi connectivity index (χ1n) is 5.86. The Hall–Kier alpha value is -0.440. The van der Waals surface area contributed by atoms with Crippen LogP contribution in [0.3, 0.4) is 0 Å². The summed E-state index contributed by atoms with van der Waals surface area (Å²) in [5, 5.41) is 4.50. The third-order valence-corrected chi connectivity index (χ3v) is 2.88. The molecule has 0 aliphatic carbocycles. The Morgan fingerprint density at radius 1 is 1.24 bits per heavy atom. The Morgan fingerprint density at radius 2 is 2.00 bits per heavy atom. The van der Waals surface area contributed by atoms with Gasteiger partial charge >= 0.3 is 0 Å². The molecule has 0 aliphatic heterocycles. The molecule has 96 valence electrons. The van der Waals surface area contributed by atoms with Gasteiger partial charge in [-0.25, -0.2) is 0 Å². The van der Waals surface area contributed by atoms with Crippen LogP contribution in [0.25, 0.3) is 0 Å². The predicted octanol–water partition coefficient (Wildman–Crippen LogP) is 4.47. The van der Waals surface area contributed by atoms with E-state index in [1.807, 2.05) is 12.1 Å². The molecule has 4 heteroatoms. The van der Waals surface area contributed by atoms with Crippen LogP contribution in [0.15, 0.2) is 18.2 Å². The zero-order chi connectivity index (χ0) is 12.7. The molecule has 17 heavy (non-hydrogen) atoms. The fraction of sp³-hybridized carbons (Fsp3) is 0.538. The highest BCUT2D eigenvalue weighted by Crippen LogP contribution is 2.24. The lowest BCUT2D eigenvalue weighted by Gasteiger charge is -2.10. The molecular weight excluding hydrogens is 257 g/mol. The standard InChI is InChI=1S/C13H19Cl2NO/c1-10(2)5-7-17-8-6-16-13-4-3-11(14)9-12(13)15/h3-4,9-10,16H,5-8H2,1-2H3. The van der Waals surface area contributed by atoms with Crippen molar-refractivity contribution in [2.75, 3.05) is 25.1 Å². The van der Waals surface area contributed by atoms with Crippen molar-refractivity contribution in [1.29, 1.82) is 0 Å². The van der Waals surface area contributed by atoms with Crippen molar-refractivity contribution in [2.45, 2.75) is 20.3 Å². The van der Waals surface area contributed by atoms with Gasteiger partial charge in [-0.2, -0.15) is 0 Å². The van der Waals surface area contributed by atoms with Crippen LogP contribution in [0.2, 0.25) is 10.0 Å². The van der Waals surface area contributed by atoms with Crippen molar-refractivity contribution in [2.24, 2.45) is 5.92 Å². The number of anilines is 1. The summed E-state index contributed by atoms with van der Waals surface area (Å²) in [5.74, 6) is 0.689. The van der Waals surface area contributed by atoms with Crippen molar-refractivity contribution in [1.82, 2.24) is 0 Å². The van der Waals surface area contributed by atoms with E-state index in [2.05, 4.69) is 19.2 Å². The molecule has 0 saturated heterocycles. The van der Waals surface area contributed by atoms with Crippen LogP contribution in [0.5, 0.6) is 0 Å². The number of halogens is 2. The van der Waals surface area contributed by atoms with Crippen LogP contribution < -0.4 is 5.32 Å². The highest BCUT2D eigenvalue weighted by atomic mass is 35.5. The van der Waals surface area contributed by atoms with Gasteiger partial charge in [-0.1, -0.05) is 37.0 Å². The van der Waals surface area contributed by atoms with Crippen LogP contribution in [0.1, 0.15) is 20.3 Å². The first-order chi connectivity index (χ1) is 8.09. The quantitative estimate of drug-likeness (QED) is 0.742. The van der Waals surface area contributed by atoms with Gasteiger partial charge in [0.2, 0.25) is 0 Å². The second-order valence-corrected chi connectivity index (χ2v) is 5.19. The molecule has 2 nitrogen and oxygen atoms in total. The van der Waals surface area contributed by atoms with Gasteiger partial charge in [0.1, 0.15) is 0 Å². The van der Waals surface area contributed by atoms with Crippen LogP contribution in [0, 0.1) is 5.92 Å². The third kappa shape index (κ3) is 6.16. The van der Waals surface area contributed by atoms with E-state index in [0.29, 0.717) is 22.6 Å². The number of benzene rings is 1. The number of hydrogen-bond donors (Lipinski definition) is 1. The Kier molecular flexibility index (Phi) is 6.71. The van der Waals surface area contributed by atoms with Gasteiger partial charge in [-0.3, -0.25) is 0 Å². The maximum absolute atomic E-state index is 6.02. The molecule has 0 amide bonds. The molecule has 0 heterocycles. The van der Waals surface area contributed by atoms with Crippen molar-refractivity contribution >= 4 is 28.9 Å². The van der Waals surface area contributed by atoms with Gasteiger partial charge in [0.25, 0.3) is 0 Å². The minimum Gasteiger partial charge on any atom is -0.382 e. The summed E-state index contributed by atoms with van der Waals surface area (Å²) < 4.78 is 5.50. The third-order valence-electron chi connectivity index (χ3n) is 2.33. The van der Waals surface area contributed by atoms with Gasteiger partial charge < -0.3 is 10.1 Å². The van der Waals surface area contributed by atoms with Crippen molar-refractivity contribution in [3.05, 3.63) is 28.2 Å². The largest absolute Gasteiger partial charge is 0.382 e. The first-order valence-corrected chi connectivity index (χ1v) is 6.62. The number of nitrogens with one attached hydrogen (secondary N) is 1. The van der Waals surface area contributed by atoms with Gasteiger partial charge in [0.05, 0.1) is 17.3 Å². The molecular formula is C13H19Cl2NO. The number of hydrogen-bond acceptors (Lipinski definition) is 2. The monoisotopic (exact) mass is 275 g/mol. The molecule has 0 atom stereocenters. The highest BCUT2D eigenvalue weighted by molar-refractivity contribution is 6.36. The Balaban J connectivity index is 2.18. The predicted molar refractivity (Wildman–Crippen MR) is 75.2 cm³/mol. The average molecular weight is 276 g/mol. The lowest BCUT2D eigenvalue weighted by Crippen LogP contribution is -2.11. The van der Waals surface area contributed by atoms with E-state index < -0.39 is 0 Å². The summed E-state index contributed by atoms with van der Waals surface area (Å²) >= 11 is 11.8. The lowest BCUT2D eigenvalue weighted by atomic mass is 10.1. The SMILES string of the molecule is CC(C)CCOCCNc1ccc(Cl)cc1Cl. The summed E-state index contributed by atoms with van der Waals surface area (Å²) in [6.45, 7) is 6.63. The van der Waals surface area contributed by atoms with E-state index in [4.69, 9.17) is 27.9 Å². The van der Waals surface area contributed by atoms with Gasteiger partial charge in [-0.05, 0) is 30.5 Å². The summed E-state index contributed by atoms with van der Waals surface area (Å²) in [5.41, 5.74) is 0.892. The van der Waals surface area contributed by atoms with E-state index >= 15 is 0 Å². The van der Waals surface area contributed by atoms with Crippen molar-refractivity contribution in [3.63, 3.8) is 0 Å². The minimum absolute atomic E-state index is 0.639. The van der Waals surface area contributed by atoms with E-state index in [-0.39, 0.29) is 0 Å². The Morgan fingerprint density at radius 3 is 2.65 bits per heavy atom. The maximum Gasteiger partial charge on any atom is 0.0652 e. The van der Waals surface area contributed by atoms with Crippen LogP contribution >= 0.6 is 23.2 Å². The minimum atomic E-state index is 0.639. The molecule has 0 unspecified atom stereocenters. The number of rotatable bonds is 7. The molecule has 0 aliphatic rings. The zero-order valence-corrected chi connectivity index (χ0v) is 11.8. The summed E-state index contributed by atoms with van der Waals surface area (Å²) in [6, 6.07) is 5.42. The number of ether oxygens (including phenoxy) is 1. The highest BCUT2D eigenvalue weighted by Gasteiger charge is 2.00. The Labute approximate surface area is 113 Å². The Bertz CT molecular complexity index is 342. The smallest absolute Gasteiger partial charge is 0.0652 e. The van der Waals surface area contributed by atoms with Crippen molar-refractivity contribution in [3.8, 4) is 0 Å². The van der Waals surface area contributed by atoms with Gasteiger partial charge in [0.15, 0.2) is 0 Å². The summed E-state index contributed by atoms with van der Waals surface area (Å²) in [4.78, 5) is 0. The van der Waals surface area contributed by atoms with E-state index in [0.717, 1.165) is 25.3 Å². The topological polar surface area (TPSA) is 21.3 Å². The maximum atomic E-state index is 6.02. The van der Waals surface area contributed by atoms with Gasteiger partial charge in [-0.15, -0.1) is 0 Å². The molecule has 1 aromatic rings. The first kappa shape index (κ1) is 14.6. The fourth-order valence-corrected chi connectivity index (χ4v) is 1.79. The lowest BCUT2D eigenvalue weighted by molar-refractivity contribution is 0.132. The van der Waals surface area contributed by atoms with Gasteiger partial charge in [0, 0.05) is 18.2 Å². The molecule has 1 rings (SSSR count). The summed E-state index contributed by atoms with van der Waals surface area (Å²) in [6.07, 6.45) is 1.10. The molecule has 0 bridgehead atoms. The molecule has 0 fully saturated rings. The van der Waals surface area contributed by atoms with Crippen LogP contribution in [0.4, 0.5) is 5.69 Å². The molecule has 0 aromatic heterocycles. The van der Waals surface area contributed by atoms with Crippen LogP contribution in [-0.4, -0.2) is 19.8 Å². The molecule has 0 radical (unpaired) electrons. The molecule has 1 aromatic carbocycles. The second kappa shape index (κ2) is 7.80. The van der Waals surface area contributed by atoms with Crippen molar-refractivity contribution < 1.29 is 4.74 Å². The van der Waals surface area contributed by atoms with E-state index in [9.17, 15) is 0 Å². The molecule has 0 spiro atoms.